The van der Waals surface area contributed by atoms with Gasteiger partial charge in [-0.05, 0) is 53.5 Å². The van der Waals surface area contributed by atoms with Gasteiger partial charge in [0.15, 0.2) is 0 Å². The van der Waals surface area contributed by atoms with Gasteiger partial charge in [-0.2, -0.15) is 4.68 Å². The highest BCUT2D eigenvalue weighted by molar-refractivity contribution is 7.92. The fraction of sp³-hybridized carbons (Fsp3) is 0.435. The molecule has 1 aliphatic rings. The van der Waals surface area contributed by atoms with E-state index in [2.05, 4.69) is 32.5 Å². The highest BCUT2D eigenvalue weighted by Crippen LogP contribution is 2.28. The van der Waals surface area contributed by atoms with Crippen LogP contribution in [-0.2, 0) is 16.6 Å². The van der Waals surface area contributed by atoms with Crippen LogP contribution in [0.15, 0.2) is 53.7 Å². The van der Waals surface area contributed by atoms with Crippen molar-refractivity contribution in [1.82, 2.24) is 25.5 Å². The number of nitrogens with zero attached hydrogens (tertiary/aromatic N) is 4. The summed E-state index contributed by atoms with van der Waals surface area (Å²) in [4.78, 5) is -0.247. The van der Waals surface area contributed by atoms with Gasteiger partial charge < -0.3 is 5.32 Å². The molecule has 0 aliphatic heterocycles. The average Bonchev–Trinajstić information content (AvgIpc) is 3.33. The summed E-state index contributed by atoms with van der Waals surface area (Å²) in [7, 11) is -4.11. The molecule has 176 valence electrons. The highest BCUT2D eigenvalue weighted by atomic mass is 32.2. The van der Waals surface area contributed by atoms with E-state index in [-0.39, 0.29) is 10.6 Å². The topological polar surface area (TPSA) is 102 Å². The van der Waals surface area contributed by atoms with Crippen molar-refractivity contribution in [3.8, 4) is 5.69 Å². The van der Waals surface area contributed by atoms with Gasteiger partial charge in [-0.3, -0.25) is 4.72 Å². The van der Waals surface area contributed by atoms with Crippen molar-refractivity contribution < 1.29 is 12.8 Å². The predicted octanol–water partition coefficient (Wildman–Crippen LogP) is 4.05. The second-order valence-electron chi connectivity index (χ2n) is 8.63. The molecule has 0 spiro atoms. The Kier molecular flexibility index (Phi) is 7.34. The summed E-state index contributed by atoms with van der Waals surface area (Å²) in [5.41, 5.74) is 1.03. The molecule has 0 saturated heterocycles. The van der Waals surface area contributed by atoms with Gasteiger partial charge in [0.2, 0.25) is 0 Å². The van der Waals surface area contributed by atoms with E-state index in [1.165, 1.54) is 50.3 Å². The molecule has 33 heavy (non-hydrogen) atoms. The molecular weight excluding hydrogens is 443 g/mol. The van der Waals surface area contributed by atoms with Gasteiger partial charge in [0.1, 0.15) is 22.7 Å². The fourth-order valence-corrected chi connectivity index (χ4v) is 5.76. The Balaban J connectivity index is 1.50. The molecule has 4 rings (SSSR count). The third-order valence-electron chi connectivity index (χ3n) is 6.13. The first-order valence-electron chi connectivity index (χ1n) is 11.3. The molecule has 10 heteroatoms. The zero-order valence-electron chi connectivity index (χ0n) is 18.6. The molecule has 1 atom stereocenters. The summed E-state index contributed by atoms with van der Waals surface area (Å²) in [5.74, 6) is 0.0179. The predicted molar refractivity (Wildman–Crippen MR) is 124 cm³/mol. The molecule has 2 aromatic carbocycles. The lowest BCUT2D eigenvalue weighted by Crippen LogP contribution is -2.29. The van der Waals surface area contributed by atoms with Crippen LogP contribution in [0.1, 0.15) is 51.0 Å². The van der Waals surface area contributed by atoms with Gasteiger partial charge in [0.25, 0.3) is 10.0 Å². The average molecular weight is 473 g/mol. The SMILES string of the molecule is CC(CC1CCCCC1)NCc1ccccc1NS(=O)(=O)c1cccc(F)c1-n1cnnn1. The van der Waals surface area contributed by atoms with Crippen molar-refractivity contribution in [3.63, 3.8) is 0 Å². The van der Waals surface area contributed by atoms with E-state index in [1.54, 1.807) is 12.1 Å². The Morgan fingerprint density at radius 3 is 2.67 bits per heavy atom. The Labute approximate surface area is 193 Å². The van der Waals surface area contributed by atoms with Gasteiger partial charge in [0, 0.05) is 12.6 Å². The van der Waals surface area contributed by atoms with Crippen molar-refractivity contribution in [2.24, 2.45) is 5.92 Å². The number of sulfonamides is 1. The molecule has 1 fully saturated rings. The fourth-order valence-electron chi connectivity index (χ4n) is 4.46. The molecule has 1 saturated carbocycles. The summed E-state index contributed by atoms with van der Waals surface area (Å²) < 4.78 is 44.7. The number of tetrazole rings is 1. The molecule has 0 radical (unpaired) electrons. The second-order valence-corrected chi connectivity index (χ2v) is 10.3. The molecule has 1 heterocycles. The van der Waals surface area contributed by atoms with Crippen LogP contribution in [0.3, 0.4) is 0 Å². The third kappa shape index (κ3) is 5.75. The molecular formula is C23H29FN6O2S. The number of anilines is 1. The highest BCUT2D eigenvalue weighted by Gasteiger charge is 2.24. The summed E-state index contributed by atoms with van der Waals surface area (Å²) in [6, 6.07) is 11.4. The van der Waals surface area contributed by atoms with E-state index in [0.717, 1.165) is 28.9 Å². The van der Waals surface area contributed by atoms with Crippen LogP contribution in [0.2, 0.25) is 0 Å². The molecule has 3 aromatic rings. The van der Waals surface area contributed by atoms with Crippen LogP contribution < -0.4 is 10.0 Å². The maximum atomic E-state index is 14.5. The maximum Gasteiger partial charge on any atom is 0.264 e. The standard InChI is InChI=1S/C23H29FN6O2S/c1-17(14-18-8-3-2-4-9-18)25-15-19-10-5-6-12-21(19)27-33(31,32)22-13-7-11-20(24)23(22)30-16-26-28-29-30/h5-7,10-13,16-18,25,27H,2-4,8-9,14-15H2,1H3. The van der Waals surface area contributed by atoms with Crippen LogP contribution in [-0.4, -0.2) is 34.7 Å². The normalized spacial score (nSPS) is 15.9. The molecule has 1 unspecified atom stereocenters. The van der Waals surface area contributed by atoms with Crippen LogP contribution in [0, 0.1) is 11.7 Å². The van der Waals surface area contributed by atoms with Crippen LogP contribution in [0.4, 0.5) is 10.1 Å². The molecule has 0 bridgehead atoms. The molecule has 2 N–H and O–H groups in total. The number of rotatable bonds is 9. The van der Waals surface area contributed by atoms with E-state index in [9.17, 15) is 12.8 Å². The third-order valence-corrected chi connectivity index (χ3v) is 7.53. The van der Waals surface area contributed by atoms with E-state index in [0.29, 0.717) is 18.3 Å². The van der Waals surface area contributed by atoms with E-state index >= 15 is 0 Å². The van der Waals surface area contributed by atoms with Crippen molar-refractivity contribution >= 4 is 15.7 Å². The number of hydrogen-bond acceptors (Lipinski definition) is 6. The van der Waals surface area contributed by atoms with Crippen LogP contribution >= 0.6 is 0 Å². The number of halogens is 1. The number of nitrogens with one attached hydrogen (secondary N) is 2. The largest absolute Gasteiger partial charge is 0.310 e. The Hall–Kier alpha value is -2.85. The lowest BCUT2D eigenvalue weighted by atomic mass is 9.85. The Morgan fingerprint density at radius 1 is 1.12 bits per heavy atom. The Bertz CT molecular complexity index is 1160. The lowest BCUT2D eigenvalue weighted by molar-refractivity contribution is 0.305. The van der Waals surface area contributed by atoms with Crippen molar-refractivity contribution in [3.05, 3.63) is 60.2 Å². The van der Waals surface area contributed by atoms with Gasteiger partial charge in [0.05, 0.1) is 5.69 Å². The van der Waals surface area contributed by atoms with Gasteiger partial charge in [-0.25, -0.2) is 12.8 Å². The zero-order chi connectivity index (χ0) is 23.3. The first-order chi connectivity index (χ1) is 15.9. The van der Waals surface area contributed by atoms with Crippen molar-refractivity contribution in [1.29, 1.82) is 0 Å². The number of hydrogen-bond donors (Lipinski definition) is 2. The molecule has 8 nitrogen and oxygen atoms in total. The Morgan fingerprint density at radius 2 is 1.91 bits per heavy atom. The minimum atomic E-state index is -4.11. The number of benzene rings is 2. The monoisotopic (exact) mass is 472 g/mol. The lowest BCUT2D eigenvalue weighted by Gasteiger charge is -2.25. The smallest absolute Gasteiger partial charge is 0.264 e. The number of para-hydroxylation sites is 2. The zero-order valence-corrected chi connectivity index (χ0v) is 19.4. The summed E-state index contributed by atoms with van der Waals surface area (Å²) in [6.07, 6.45) is 8.82. The van der Waals surface area contributed by atoms with E-state index in [4.69, 9.17) is 0 Å². The van der Waals surface area contributed by atoms with Crippen molar-refractivity contribution in [2.75, 3.05) is 4.72 Å². The van der Waals surface area contributed by atoms with Crippen molar-refractivity contribution in [2.45, 2.75) is 62.9 Å². The quantitative estimate of drug-likeness (QED) is 0.487. The second kappa shape index (κ2) is 10.4. The summed E-state index contributed by atoms with van der Waals surface area (Å²) >= 11 is 0. The number of aromatic nitrogens is 4. The maximum absolute atomic E-state index is 14.5. The van der Waals surface area contributed by atoms with E-state index in [1.807, 2.05) is 12.1 Å². The first kappa shape index (κ1) is 23.3. The minimum Gasteiger partial charge on any atom is -0.310 e. The van der Waals surface area contributed by atoms with E-state index < -0.39 is 15.8 Å². The van der Waals surface area contributed by atoms with Gasteiger partial charge in [-0.15, -0.1) is 5.10 Å². The molecule has 1 aliphatic carbocycles. The van der Waals surface area contributed by atoms with Gasteiger partial charge >= 0.3 is 0 Å². The molecule has 0 amide bonds. The first-order valence-corrected chi connectivity index (χ1v) is 12.8. The van der Waals surface area contributed by atoms with Crippen LogP contribution in [0.5, 0.6) is 0 Å². The van der Waals surface area contributed by atoms with Crippen LogP contribution in [0.25, 0.3) is 5.69 Å². The minimum absolute atomic E-state index is 0.230. The molecule has 1 aromatic heterocycles. The summed E-state index contributed by atoms with van der Waals surface area (Å²) in [5, 5.41) is 14.2. The summed E-state index contributed by atoms with van der Waals surface area (Å²) in [6.45, 7) is 2.70. The van der Waals surface area contributed by atoms with Gasteiger partial charge in [-0.1, -0.05) is 56.4 Å².